The first-order valence-electron chi connectivity index (χ1n) is 6.96. The van der Waals surface area contributed by atoms with E-state index in [0.717, 1.165) is 9.77 Å². The lowest BCUT2D eigenvalue weighted by atomic mass is 10.2. The van der Waals surface area contributed by atoms with E-state index in [2.05, 4.69) is 33.6 Å². The Balaban J connectivity index is 1.46. The monoisotopic (exact) mass is 363 g/mol. The summed E-state index contributed by atoms with van der Waals surface area (Å²) in [6, 6.07) is 10.4. The predicted octanol–water partition coefficient (Wildman–Crippen LogP) is 5.02. The van der Waals surface area contributed by atoms with Gasteiger partial charge in [0.05, 0.1) is 12.3 Å². The largest absolute Gasteiger partial charge is 0.350 e. The van der Waals surface area contributed by atoms with Gasteiger partial charge in [-0.05, 0) is 63.7 Å². The minimum atomic E-state index is -0.266. The molecule has 0 spiro atoms. The van der Waals surface area contributed by atoms with E-state index in [1.807, 2.05) is 0 Å². The molecule has 0 bridgehead atoms. The fourth-order valence-corrected chi connectivity index (χ4v) is 4.20. The van der Waals surface area contributed by atoms with Crippen molar-refractivity contribution in [3.05, 3.63) is 63.2 Å². The molecule has 0 fully saturated rings. The van der Waals surface area contributed by atoms with E-state index in [-0.39, 0.29) is 11.7 Å². The van der Waals surface area contributed by atoms with Crippen LogP contribution in [0.1, 0.15) is 4.88 Å². The first-order chi connectivity index (χ1) is 11.2. The van der Waals surface area contributed by atoms with Gasteiger partial charge in [-0.15, -0.1) is 23.1 Å². The number of benzene rings is 1. The van der Waals surface area contributed by atoms with Gasteiger partial charge < -0.3 is 5.32 Å². The molecule has 0 aliphatic rings. The number of rotatable bonds is 6. The molecule has 0 atom stereocenters. The van der Waals surface area contributed by atoms with Crippen LogP contribution in [0.15, 0.2) is 57.4 Å². The summed E-state index contributed by atoms with van der Waals surface area (Å²) in [5, 5.41) is 9.20. The van der Waals surface area contributed by atoms with Crippen molar-refractivity contribution in [2.75, 3.05) is 5.75 Å². The van der Waals surface area contributed by atoms with Gasteiger partial charge in [-0.2, -0.15) is 11.3 Å². The maximum absolute atomic E-state index is 12.8. The molecule has 1 N–H and O–H groups in total. The van der Waals surface area contributed by atoms with Crippen LogP contribution in [0.5, 0.6) is 0 Å². The average Bonchev–Trinajstić information content (AvgIpc) is 3.23. The van der Waals surface area contributed by atoms with Crippen LogP contribution in [0.25, 0.3) is 11.1 Å². The van der Waals surface area contributed by atoms with Crippen molar-refractivity contribution in [2.24, 2.45) is 0 Å². The van der Waals surface area contributed by atoms with Gasteiger partial charge in [0.25, 0.3) is 0 Å². The molecule has 6 heteroatoms. The lowest BCUT2D eigenvalue weighted by Crippen LogP contribution is -2.24. The maximum atomic E-state index is 12.8. The first kappa shape index (κ1) is 16.2. The average molecular weight is 364 g/mol. The lowest BCUT2D eigenvalue weighted by Gasteiger charge is -2.04. The number of amides is 1. The summed E-state index contributed by atoms with van der Waals surface area (Å²) in [6.07, 6.45) is 0. The molecule has 2 nitrogen and oxygen atoms in total. The molecule has 2 aromatic heterocycles. The molecule has 1 amide bonds. The fourth-order valence-electron chi connectivity index (χ4n) is 1.97. The maximum Gasteiger partial charge on any atom is 0.230 e. The zero-order valence-corrected chi connectivity index (χ0v) is 14.6. The molecule has 0 saturated heterocycles. The van der Waals surface area contributed by atoms with E-state index >= 15 is 0 Å². The highest BCUT2D eigenvalue weighted by atomic mass is 32.2. The summed E-state index contributed by atoms with van der Waals surface area (Å²) < 4.78 is 12.8. The van der Waals surface area contributed by atoms with E-state index < -0.39 is 0 Å². The minimum Gasteiger partial charge on any atom is -0.350 e. The van der Waals surface area contributed by atoms with Crippen molar-refractivity contribution in [1.29, 1.82) is 0 Å². The van der Waals surface area contributed by atoms with Gasteiger partial charge in [-0.25, -0.2) is 4.39 Å². The van der Waals surface area contributed by atoms with Gasteiger partial charge in [-0.1, -0.05) is 0 Å². The van der Waals surface area contributed by atoms with Crippen LogP contribution >= 0.6 is 34.4 Å². The number of hydrogen-bond acceptors (Lipinski definition) is 4. The third kappa shape index (κ3) is 4.67. The summed E-state index contributed by atoms with van der Waals surface area (Å²) in [4.78, 5) is 13.9. The first-order valence-corrected chi connectivity index (χ1v) is 9.76. The highest BCUT2D eigenvalue weighted by molar-refractivity contribution is 8.00. The summed E-state index contributed by atoms with van der Waals surface area (Å²) in [6.45, 7) is 0.539. The molecular weight excluding hydrogens is 349 g/mol. The Morgan fingerprint density at radius 3 is 2.70 bits per heavy atom. The summed E-state index contributed by atoms with van der Waals surface area (Å²) in [7, 11) is 0. The molecule has 0 unspecified atom stereocenters. The van der Waals surface area contributed by atoms with Crippen LogP contribution < -0.4 is 5.32 Å². The van der Waals surface area contributed by atoms with Crippen LogP contribution in [-0.4, -0.2) is 11.7 Å². The summed E-state index contributed by atoms with van der Waals surface area (Å²) in [5.74, 6) is 0.0386. The van der Waals surface area contributed by atoms with Gasteiger partial charge in [-0.3, -0.25) is 4.79 Å². The second-order valence-corrected chi connectivity index (χ2v) is 7.66. The Morgan fingerprint density at radius 1 is 1.13 bits per heavy atom. The molecule has 0 aliphatic carbocycles. The Hall–Kier alpha value is -1.63. The Bertz CT molecular complexity index is 766. The molecule has 3 aromatic rings. The predicted molar refractivity (Wildman–Crippen MR) is 96.6 cm³/mol. The van der Waals surface area contributed by atoms with Crippen LogP contribution in [0, 0.1) is 5.82 Å². The molecule has 3 rings (SSSR count). The van der Waals surface area contributed by atoms with Crippen molar-refractivity contribution in [1.82, 2.24) is 5.32 Å². The quantitative estimate of drug-likeness (QED) is 0.623. The number of hydrogen-bond donors (Lipinski definition) is 1. The Morgan fingerprint density at radius 2 is 1.96 bits per heavy atom. The molecule has 2 heterocycles. The third-order valence-electron chi connectivity index (χ3n) is 3.15. The van der Waals surface area contributed by atoms with Crippen molar-refractivity contribution >= 4 is 40.3 Å². The normalized spacial score (nSPS) is 10.7. The smallest absolute Gasteiger partial charge is 0.230 e. The van der Waals surface area contributed by atoms with Crippen LogP contribution in [0.4, 0.5) is 4.39 Å². The number of thioether (sulfide) groups is 1. The molecule has 0 aliphatic heterocycles. The van der Waals surface area contributed by atoms with E-state index in [1.54, 1.807) is 34.8 Å². The summed E-state index contributed by atoms with van der Waals surface area (Å²) in [5.41, 5.74) is 2.41. The molecule has 0 saturated carbocycles. The van der Waals surface area contributed by atoms with Crippen LogP contribution in [-0.2, 0) is 11.3 Å². The van der Waals surface area contributed by atoms with Crippen molar-refractivity contribution in [3.63, 3.8) is 0 Å². The minimum absolute atomic E-state index is 0.0233. The third-order valence-corrected chi connectivity index (χ3v) is 5.78. The molecule has 118 valence electrons. The highest BCUT2D eigenvalue weighted by Crippen LogP contribution is 2.27. The summed E-state index contributed by atoms with van der Waals surface area (Å²) >= 11 is 4.72. The molecular formula is C17H14FNOS3. The van der Waals surface area contributed by atoms with Gasteiger partial charge in [0.1, 0.15) is 5.82 Å². The lowest BCUT2D eigenvalue weighted by molar-refractivity contribution is -0.118. The zero-order valence-electron chi connectivity index (χ0n) is 12.1. The van der Waals surface area contributed by atoms with Gasteiger partial charge in [0.15, 0.2) is 0 Å². The van der Waals surface area contributed by atoms with Gasteiger partial charge in [0, 0.05) is 9.77 Å². The number of nitrogens with one attached hydrogen (secondary N) is 1. The highest BCUT2D eigenvalue weighted by Gasteiger charge is 2.06. The molecule has 1 aromatic carbocycles. The van der Waals surface area contributed by atoms with E-state index in [4.69, 9.17) is 0 Å². The molecule has 0 radical (unpaired) electrons. The second kappa shape index (κ2) is 7.77. The zero-order chi connectivity index (χ0) is 16.1. The Labute approximate surface area is 146 Å². The topological polar surface area (TPSA) is 29.1 Å². The fraction of sp³-hybridized carbons (Fsp3) is 0.118. The number of halogens is 1. The van der Waals surface area contributed by atoms with Crippen molar-refractivity contribution in [3.8, 4) is 11.1 Å². The van der Waals surface area contributed by atoms with Crippen LogP contribution in [0.2, 0.25) is 0 Å². The number of thiophene rings is 2. The number of carbonyl (C=O) groups is 1. The van der Waals surface area contributed by atoms with Gasteiger partial charge in [0.2, 0.25) is 5.91 Å². The standard InChI is InChI=1S/C17H14FNOS3/c18-14-1-3-15(4-2-14)23-11-17(20)19-8-16-7-13(10-22-16)12-5-6-21-9-12/h1-7,9-10H,8,11H2,(H,19,20). The molecule has 23 heavy (non-hydrogen) atoms. The van der Waals surface area contributed by atoms with E-state index in [0.29, 0.717) is 12.3 Å². The van der Waals surface area contributed by atoms with E-state index in [9.17, 15) is 9.18 Å². The SMILES string of the molecule is O=C(CSc1ccc(F)cc1)NCc1cc(-c2ccsc2)cs1. The Kier molecular flexibility index (Phi) is 5.48. The second-order valence-electron chi connectivity index (χ2n) is 4.83. The number of carbonyl (C=O) groups excluding carboxylic acids is 1. The van der Waals surface area contributed by atoms with Crippen LogP contribution in [0.3, 0.4) is 0 Å². The van der Waals surface area contributed by atoms with Gasteiger partial charge >= 0.3 is 0 Å². The van der Waals surface area contributed by atoms with Crippen molar-refractivity contribution in [2.45, 2.75) is 11.4 Å². The van der Waals surface area contributed by atoms with E-state index in [1.165, 1.54) is 35.0 Å². The van der Waals surface area contributed by atoms with Crippen molar-refractivity contribution < 1.29 is 9.18 Å².